The molecule has 0 radical (unpaired) electrons. The van der Waals surface area contributed by atoms with Crippen LogP contribution >= 0.6 is 12.2 Å². The molecule has 29 heavy (non-hydrogen) atoms. The molecule has 0 heterocycles. The fourth-order valence-electron chi connectivity index (χ4n) is 3.80. The molecule has 3 atom stereocenters. The van der Waals surface area contributed by atoms with Gasteiger partial charge in [0.05, 0.1) is 5.56 Å². The molecule has 1 amide bonds. The van der Waals surface area contributed by atoms with Crippen LogP contribution in [0.3, 0.4) is 0 Å². The summed E-state index contributed by atoms with van der Waals surface area (Å²) in [7, 11) is 0. The van der Waals surface area contributed by atoms with Gasteiger partial charge in [-0.3, -0.25) is 20.4 Å². The number of carbonyl (C=O) groups excluding carboxylic acids is 2. The van der Waals surface area contributed by atoms with Gasteiger partial charge in [-0.15, -0.1) is 0 Å². The summed E-state index contributed by atoms with van der Waals surface area (Å²) in [5.74, 6) is 0.569. The fraction of sp³-hybridized carbons (Fsp3) is 0.348. The summed E-state index contributed by atoms with van der Waals surface area (Å²) in [6.45, 7) is 4.49. The largest absolute Gasteiger partial charge is 0.358 e. The second kappa shape index (κ2) is 9.65. The Morgan fingerprint density at radius 2 is 1.55 bits per heavy atom. The van der Waals surface area contributed by atoms with Gasteiger partial charge in [0, 0.05) is 17.2 Å². The van der Waals surface area contributed by atoms with Gasteiger partial charge in [-0.05, 0) is 36.5 Å². The minimum absolute atomic E-state index is 0.193. The maximum Gasteiger partial charge on any atom is 0.270 e. The van der Waals surface area contributed by atoms with E-state index < -0.39 is 5.91 Å². The highest BCUT2D eigenvalue weighted by Gasteiger charge is 2.27. The lowest BCUT2D eigenvalue weighted by atomic mass is 9.78. The summed E-state index contributed by atoms with van der Waals surface area (Å²) in [5.41, 5.74) is 6.59. The molecule has 0 aromatic heterocycles. The third-order valence-electron chi connectivity index (χ3n) is 5.77. The molecule has 152 valence electrons. The van der Waals surface area contributed by atoms with Crippen molar-refractivity contribution in [3.8, 4) is 0 Å². The topological polar surface area (TPSA) is 70.2 Å². The number of hydrazine groups is 1. The van der Waals surface area contributed by atoms with Gasteiger partial charge >= 0.3 is 0 Å². The fourth-order valence-corrected chi connectivity index (χ4v) is 4.00. The Labute approximate surface area is 177 Å². The van der Waals surface area contributed by atoms with E-state index in [2.05, 4.69) is 30.0 Å². The first-order valence-corrected chi connectivity index (χ1v) is 10.4. The summed E-state index contributed by atoms with van der Waals surface area (Å²) in [6.07, 6.45) is 3.48. The molecular weight excluding hydrogens is 382 g/mol. The van der Waals surface area contributed by atoms with Crippen LogP contribution in [0.1, 0.15) is 59.4 Å². The van der Waals surface area contributed by atoms with Crippen molar-refractivity contribution in [2.45, 2.75) is 39.2 Å². The van der Waals surface area contributed by atoms with Crippen LogP contribution in [0, 0.1) is 11.8 Å². The molecule has 0 saturated heterocycles. The number of carbonyl (C=O) groups is 2. The van der Waals surface area contributed by atoms with Gasteiger partial charge in [0.15, 0.2) is 10.9 Å². The Kier molecular flexibility index (Phi) is 6.99. The second-order valence-electron chi connectivity index (χ2n) is 7.67. The molecular formula is C23H27N3O2S. The van der Waals surface area contributed by atoms with Crippen LogP contribution < -0.4 is 16.2 Å². The minimum atomic E-state index is -0.404. The molecule has 1 aliphatic carbocycles. The summed E-state index contributed by atoms with van der Waals surface area (Å²) >= 11 is 5.35. The number of amides is 1. The smallest absolute Gasteiger partial charge is 0.270 e. The molecule has 3 N–H and O–H groups in total. The van der Waals surface area contributed by atoms with E-state index in [-0.39, 0.29) is 5.78 Å². The van der Waals surface area contributed by atoms with Crippen molar-refractivity contribution >= 4 is 29.0 Å². The zero-order valence-electron chi connectivity index (χ0n) is 16.8. The van der Waals surface area contributed by atoms with Gasteiger partial charge in [0.25, 0.3) is 5.91 Å². The minimum Gasteiger partial charge on any atom is -0.358 e. The van der Waals surface area contributed by atoms with E-state index in [0.717, 1.165) is 6.42 Å². The number of nitrogens with one attached hydrogen (secondary N) is 3. The lowest BCUT2D eigenvalue weighted by Crippen LogP contribution is -2.52. The zero-order chi connectivity index (χ0) is 20.8. The maximum atomic E-state index is 12.8. The van der Waals surface area contributed by atoms with E-state index in [0.29, 0.717) is 39.7 Å². The van der Waals surface area contributed by atoms with Gasteiger partial charge in [-0.1, -0.05) is 75.2 Å². The van der Waals surface area contributed by atoms with Crippen LogP contribution in [-0.2, 0) is 0 Å². The Hall–Kier alpha value is -2.73. The van der Waals surface area contributed by atoms with Gasteiger partial charge in [0.1, 0.15) is 0 Å². The van der Waals surface area contributed by atoms with Crippen LogP contribution in [0.5, 0.6) is 0 Å². The predicted molar refractivity (Wildman–Crippen MR) is 119 cm³/mol. The summed E-state index contributed by atoms with van der Waals surface area (Å²) in [4.78, 5) is 25.5. The average molecular weight is 410 g/mol. The van der Waals surface area contributed by atoms with Crippen molar-refractivity contribution < 1.29 is 9.59 Å². The summed E-state index contributed by atoms with van der Waals surface area (Å²) < 4.78 is 0. The Morgan fingerprint density at radius 1 is 0.897 bits per heavy atom. The number of hydrogen-bond acceptors (Lipinski definition) is 3. The van der Waals surface area contributed by atoms with Crippen molar-refractivity contribution in [3.63, 3.8) is 0 Å². The lowest BCUT2D eigenvalue weighted by molar-refractivity contribution is 0.0932. The quantitative estimate of drug-likeness (QED) is 0.406. The third kappa shape index (κ3) is 5.21. The lowest BCUT2D eigenvalue weighted by Gasteiger charge is -2.35. The normalized spacial score (nSPS) is 21.1. The highest BCUT2D eigenvalue weighted by Crippen LogP contribution is 2.29. The van der Waals surface area contributed by atoms with Crippen molar-refractivity contribution in [3.05, 3.63) is 71.3 Å². The van der Waals surface area contributed by atoms with E-state index in [1.165, 1.54) is 12.8 Å². The summed E-state index contributed by atoms with van der Waals surface area (Å²) in [5, 5.41) is 3.69. The van der Waals surface area contributed by atoms with Crippen molar-refractivity contribution in [1.82, 2.24) is 16.2 Å². The molecule has 1 fully saturated rings. The second-order valence-corrected chi connectivity index (χ2v) is 8.08. The number of hydrogen-bond donors (Lipinski definition) is 3. The molecule has 2 aromatic carbocycles. The third-order valence-corrected chi connectivity index (χ3v) is 5.99. The Balaban J connectivity index is 1.63. The summed E-state index contributed by atoms with van der Waals surface area (Å²) in [6, 6.07) is 16.0. The first-order valence-electron chi connectivity index (χ1n) is 10.0. The maximum absolute atomic E-state index is 12.8. The number of rotatable bonds is 4. The van der Waals surface area contributed by atoms with E-state index >= 15 is 0 Å². The van der Waals surface area contributed by atoms with Crippen LogP contribution in [-0.4, -0.2) is 22.8 Å². The van der Waals surface area contributed by atoms with E-state index in [1.807, 2.05) is 6.07 Å². The van der Waals surface area contributed by atoms with Crippen LogP contribution in [0.2, 0.25) is 0 Å². The molecule has 6 heteroatoms. The molecule has 5 nitrogen and oxygen atoms in total. The van der Waals surface area contributed by atoms with Crippen molar-refractivity contribution in [1.29, 1.82) is 0 Å². The predicted octanol–water partition coefficient (Wildman–Crippen LogP) is 3.85. The van der Waals surface area contributed by atoms with E-state index in [1.54, 1.807) is 48.5 Å². The highest BCUT2D eigenvalue weighted by molar-refractivity contribution is 7.80. The number of ketones is 1. The average Bonchev–Trinajstić information content (AvgIpc) is 2.75. The monoisotopic (exact) mass is 409 g/mol. The molecule has 0 unspecified atom stereocenters. The van der Waals surface area contributed by atoms with Gasteiger partial charge in [-0.2, -0.15) is 0 Å². The SMILES string of the molecule is C[C@H]1[C@@H](NC(=S)NNC(=O)c2ccccc2C(=O)c2ccccc2)CCC[C@@H]1C. The molecule has 0 aliphatic heterocycles. The van der Waals surface area contributed by atoms with Crippen molar-refractivity contribution in [2.24, 2.45) is 11.8 Å². The molecule has 2 aromatic rings. The molecule has 3 rings (SSSR count). The van der Waals surface area contributed by atoms with E-state index in [9.17, 15) is 9.59 Å². The zero-order valence-corrected chi connectivity index (χ0v) is 17.6. The van der Waals surface area contributed by atoms with Crippen LogP contribution in [0.15, 0.2) is 54.6 Å². The first kappa shape index (κ1) is 21.0. The Morgan fingerprint density at radius 3 is 2.28 bits per heavy atom. The van der Waals surface area contributed by atoms with E-state index in [4.69, 9.17) is 12.2 Å². The van der Waals surface area contributed by atoms with Gasteiger partial charge in [0.2, 0.25) is 0 Å². The highest BCUT2D eigenvalue weighted by atomic mass is 32.1. The molecule has 1 saturated carbocycles. The standard InChI is InChI=1S/C23H27N3O2S/c1-15-9-8-14-20(16(15)2)24-23(29)26-25-22(28)19-13-7-6-12-18(19)21(27)17-10-4-3-5-11-17/h3-7,10-13,15-16,20H,8-9,14H2,1-2H3,(H,25,28)(H2,24,26,29)/t15-,16+,20-/m0/s1. The number of thiocarbonyl (C=S) groups is 1. The number of benzene rings is 2. The molecule has 1 aliphatic rings. The van der Waals surface area contributed by atoms with Crippen LogP contribution in [0.4, 0.5) is 0 Å². The molecule has 0 spiro atoms. The Bertz CT molecular complexity index is 885. The van der Waals surface area contributed by atoms with Crippen LogP contribution in [0.25, 0.3) is 0 Å². The van der Waals surface area contributed by atoms with Gasteiger partial charge < -0.3 is 5.32 Å². The first-order chi connectivity index (χ1) is 14.0. The van der Waals surface area contributed by atoms with Gasteiger partial charge in [-0.25, -0.2) is 0 Å². The molecule has 0 bridgehead atoms. The van der Waals surface area contributed by atoms with Crippen molar-refractivity contribution in [2.75, 3.05) is 0 Å².